The second-order valence-corrected chi connectivity index (χ2v) is 7.74. The number of hydrogen-bond acceptors (Lipinski definition) is 5. The normalized spacial score (nSPS) is 16.1. The summed E-state index contributed by atoms with van der Waals surface area (Å²) >= 11 is 0. The predicted octanol–water partition coefficient (Wildman–Crippen LogP) is 4.34. The van der Waals surface area contributed by atoms with Crippen molar-refractivity contribution in [2.45, 2.75) is 25.2 Å². The first-order valence-electron chi connectivity index (χ1n) is 10.4. The van der Waals surface area contributed by atoms with Gasteiger partial charge in [-0.1, -0.05) is 12.1 Å². The average Bonchev–Trinajstić information content (AvgIpc) is 3.27. The fourth-order valence-electron chi connectivity index (χ4n) is 3.80. The zero-order valence-corrected chi connectivity index (χ0v) is 17.7. The van der Waals surface area contributed by atoms with Crippen molar-refractivity contribution >= 4 is 5.91 Å². The SMILES string of the molecule is COc1cccc(Cc2cnc([C@@H]3CCCN(C(=O)COc4ccc(F)cc4F)C3)o2)c1. The van der Waals surface area contributed by atoms with Gasteiger partial charge in [0.25, 0.3) is 5.91 Å². The van der Waals surface area contributed by atoms with E-state index in [9.17, 15) is 13.6 Å². The summed E-state index contributed by atoms with van der Waals surface area (Å²) in [7, 11) is 1.63. The third-order valence-electron chi connectivity index (χ3n) is 5.45. The van der Waals surface area contributed by atoms with E-state index < -0.39 is 11.6 Å². The van der Waals surface area contributed by atoms with Crippen LogP contribution in [0.4, 0.5) is 8.78 Å². The van der Waals surface area contributed by atoms with Gasteiger partial charge in [0.2, 0.25) is 0 Å². The molecule has 0 bridgehead atoms. The lowest BCUT2D eigenvalue weighted by molar-refractivity contribution is -0.134. The van der Waals surface area contributed by atoms with Crippen LogP contribution in [0.5, 0.6) is 11.5 Å². The van der Waals surface area contributed by atoms with E-state index in [0.29, 0.717) is 25.4 Å². The van der Waals surface area contributed by atoms with Gasteiger partial charge < -0.3 is 18.8 Å². The van der Waals surface area contributed by atoms with Gasteiger partial charge in [-0.2, -0.15) is 0 Å². The summed E-state index contributed by atoms with van der Waals surface area (Å²) in [4.78, 5) is 18.7. The summed E-state index contributed by atoms with van der Waals surface area (Å²) < 4.78 is 43.2. The van der Waals surface area contributed by atoms with Gasteiger partial charge >= 0.3 is 0 Å². The minimum Gasteiger partial charge on any atom is -0.497 e. The molecule has 1 aliphatic heterocycles. The van der Waals surface area contributed by atoms with Crippen molar-refractivity contribution in [2.24, 2.45) is 0 Å². The first-order chi connectivity index (χ1) is 15.5. The highest BCUT2D eigenvalue weighted by Crippen LogP contribution is 2.28. The van der Waals surface area contributed by atoms with Crippen LogP contribution < -0.4 is 9.47 Å². The van der Waals surface area contributed by atoms with Gasteiger partial charge in [0, 0.05) is 25.6 Å². The van der Waals surface area contributed by atoms with Gasteiger partial charge in [-0.3, -0.25) is 4.79 Å². The monoisotopic (exact) mass is 442 g/mol. The zero-order valence-electron chi connectivity index (χ0n) is 17.7. The van der Waals surface area contributed by atoms with Crippen LogP contribution in [0.2, 0.25) is 0 Å². The summed E-state index contributed by atoms with van der Waals surface area (Å²) in [6.45, 7) is 0.719. The van der Waals surface area contributed by atoms with Gasteiger partial charge in [0.1, 0.15) is 17.3 Å². The molecule has 0 unspecified atom stereocenters. The molecule has 168 valence electrons. The molecule has 1 saturated heterocycles. The van der Waals surface area contributed by atoms with Crippen LogP contribution >= 0.6 is 0 Å². The predicted molar refractivity (Wildman–Crippen MR) is 113 cm³/mol. The minimum absolute atomic E-state index is 0.0192. The summed E-state index contributed by atoms with van der Waals surface area (Å²) in [5.74, 6) is 0.165. The van der Waals surface area contributed by atoms with E-state index in [1.807, 2.05) is 24.3 Å². The summed E-state index contributed by atoms with van der Waals surface area (Å²) in [5.41, 5.74) is 1.05. The number of aromatic nitrogens is 1. The summed E-state index contributed by atoms with van der Waals surface area (Å²) in [5, 5.41) is 0. The van der Waals surface area contributed by atoms with E-state index in [1.54, 1.807) is 18.2 Å². The molecule has 1 aromatic heterocycles. The molecule has 1 amide bonds. The number of amides is 1. The lowest BCUT2D eigenvalue weighted by Crippen LogP contribution is -2.41. The highest BCUT2D eigenvalue weighted by molar-refractivity contribution is 5.78. The molecule has 3 aromatic rings. The van der Waals surface area contributed by atoms with Crippen molar-refractivity contribution in [3.8, 4) is 11.5 Å². The fraction of sp³-hybridized carbons (Fsp3) is 0.333. The Balaban J connectivity index is 1.34. The summed E-state index contributed by atoms with van der Waals surface area (Å²) in [6.07, 6.45) is 3.97. The number of likely N-dealkylation sites (tertiary alicyclic amines) is 1. The van der Waals surface area contributed by atoms with Gasteiger partial charge in [0.05, 0.1) is 19.2 Å². The topological polar surface area (TPSA) is 64.8 Å². The van der Waals surface area contributed by atoms with E-state index in [0.717, 1.165) is 42.0 Å². The number of oxazole rings is 1. The number of rotatable bonds is 7. The zero-order chi connectivity index (χ0) is 22.5. The Bertz CT molecular complexity index is 1090. The maximum Gasteiger partial charge on any atom is 0.260 e. The van der Waals surface area contributed by atoms with Crippen LogP contribution in [0.3, 0.4) is 0 Å². The Morgan fingerprint density at radius 2 is 2.12 bits per heavy atom. The molecule has 0 saturated carbocycles. The lowest BCUT2D eigenvalue weighted by atomic mass is 9.98. The first kappa shape index (κ1) is 21.8. The Labute approximate surface area is 184 Å². The number of carbonyl (C=O) groups is 1. The van der Waals surface area contributed by atoms with Gasteiger partial charge in [0.15, 0.2) is 24.1 Å². The molecule has 1 aliphatic rings. The van der Waals surface area contributed by atoms with Crippen LogP contribution in [0, 0.1) is 11.6 Å². The number of carbonyl (C=O) groups excluding carboxylic acids is 1. The maximum absolute atomic E-state index is 13.7. The molecule has 2 heterocycles. The van der Waals surface area contributed by atoms with Crippen LogP contribution in [-0.2, 0) is 11.2 Å². The Morgan fingerprint density at radius 3 is 2.94 bits per heavy atom. The van der Waals surface area contributed by atoms with Crippen molar-refractivity contribution in [1.29, 1.82) is 0 Å². The number of halogens is 2. The largest absolute Gasteiger partial charge is 0.497 e. The number of hydrogen-bond donors (Lipinski definition) is 0. The number of ether oxygens (including phenoxy) is 2. The fourth-order valence-corrected chi connectivity index (χ4v) is 3.80. The molecular weight excluding hydrogens is 418 g/mol. The molecule has 2 aromatic carbocycles. The second kappa shape index (κ2) is 9.80. The Kier molecular flexibility index (Phi) is 6.68. The average molecular weight is 442 g/mol. The van der Waals surface area contributed by atoms with Crippen LogP contribution in [0.1, 0.15) is 36.0 Å². The van der Waals surface area contributed by atoms with Crippen LogP contribution in [-0.4, -0.2) is 42.6 Å². The quantitative estimate of drug-likeness (QED) is 0.545. The molecule has 32 heavy (non-hydrogen) atoms. The van der Waals surface area contributed by atoms with Gasteiger partial charge in [-0.15, -0.1) is 0 Å². The molecule has 0 aliphatic carbocycles. The van der Waals surface area contributed by atoms with Crippen molar-refractivity contribution in [1.82, 2.24) is 9.88 Å². The van der Waals surface area contributed by atoms with E-state index in [-0.39, 0.29) is 24.2 Å². The Hall–Kier alpha value is -3.42. The third kappa shape index (κ3) is 5.25. The lowest BCUT2D eigenvalue weighted by Gasteiger charge is -2.31. The number of methoxy groups -OCH3 is 1. The number of piperidine rings is 1. The minimum atomic E-state index is -0.835. The molecule has 0 spiro atoms. The first-order valence-corrected chi connectivity index (χ1v) is 10.4. The highest BCUT2D eigenvalue weighted by atomic mass is 19.1. The van der Waals surface area contributed by atoms with E-state index >= 15 is 0 Å². The molecule has 8 heteroatoms. The standard InChI is InChI=1S/C24H24F2N2O4/c1-30-19-6-2-4-16(10-19)11-20-13-27-24(32-20)17-5-3-9-28(14-17)23(29)15-31-22-8-7-18(25)12-21(22)26/h2,4,6-8,10,12-13,17H,3,5,9,11,14-15H2,1H3/t17-/m1/s1. The molecule has 6 nitrogen and oxygen atoms in total. The van der Waals surface area contributed by atoms with E-state index in [2.05, 4.69) is 4.98 Å². The highest BCUT2D eigenvalue weighted by Gasteiger charge is 2.28. The molecular formula is C24H24F2N2O4. The van der Waals surface area contributed by atoms with Crippen molar-refractivity contribution < 1.29 is 27.5 Å². The maximum atomic E-state index is 13.7. The van der Waals surface area contributed by atoms with Crippen molar-refractivity contribution in [3.63, 3.8) is 0 Å². The summed E-state index contributed by atoms with van der Waals surface area (Å²) in [6, 6.07) is 10.7. The van der Waals surface area contributed by atoms with Crippen LogP contribution in [0.25, 0.3) is 0 Å². The number of nitrogens with zero attached hydrogens (tertiary/aromatic N) is 2. The van der Waals surface area contributed by atoms with Gasteiger partial charge in [-0.05, 0) is 42.7 Å². The molecule has 4 rings (SSSR count). The third-order valence-corrected chi connectivity index (χ3v) is 5.45. The smallest absolute Gasteiger partial charge is 0.260 e. The van der Waals surface area contributed by atoms with Crippen molar-refractivity contribution in [2.75, 3.05) is 26.8 Å². The second-order valence-electron chi connectivity index (χ2n) is 7.74. The number of benzene rings is 2. The van der Waals surface area contributed by atoms with Gasteiger partial charge in [-0.25, -0.2) is 13.8 Å². The molecule has 0 radical (unpaired) electrons. The Morgan fingerprint density at radius 1 is 1.25 bits per heavy atom. The molecule has 1 fully saturated rings. The molecule has 0 N–H and O–H groups in total. The molecule has 1 atom stereocenters. The van der Waals surface area contributed by atoms with Crippen LogP contribution in [0.15, 0.2) is 53.1 Å². The van der Waals surface area contributed by atoms with E-state index in [1.165, 1.54) is 6.07 Å². The van der Waals surface area contributed by atoms with Crippen molar-refractivity contribution in [3.05, 3.63) is 77.5 Å². The van der Waals surface area contributed by atoms with E-state index in [4.69, 9.17) is 13.9 Å².